The first kappa shape index (κ1) is 11.3. The maximum atomic E-state index is 5.52. The van der Waals surface area contributed by atoms with Crippen LogP contribution in [0.25, 0.3) is 0 Å². The fourth-order valence-electron chi connectivity index (χ4n) is 2.07. The van der Waals surface area contributed by atoms with E-state index in [4.69, 9.17) is 4.43 Å². The quantitative estimate of drug-likeness (QED) is 0.688. The molecule has 0 fully saturated rings. The van der Waals surface area contributed by atoms with Crippen molar-refractivity contribution in [1.82, 2.24) is 0 Å². The first-order valence-electron chi connectivity index (χ1n) is 5.46. The van der Waals surface area contributed by atoms with Gasteiger partial charge in [0, 0.05) is 0 Å². The number of hydrogen-bond acceptors (Lipinski definition) is 1. The highest BCUT2D eigenvalue weighted by Gasteiger charge is 2.09. The second-order valence-electron chi connectivity index (χ2n) is 3.44. The summed E-state index contributed by atoms with van der Waals surface area (Å²) in [7, 11) is 0.780. The molecule has 1 aromatic carbocycles. The highest BCUT2D eigenvalue weighted by molar-refractivity contribution is 6.00. The summed E-state index contributed by atoms with van der Waals surface area (Å²) in [4.78, 5) is 0. The van der Waals surface area contributed by atoms with Crippen molar-refractivity contribution in [1.29, 1.82) is 0 Å². The lowest BCUT2D eigenvalue weighted by atomic mass is 9.95. The van der Waals surface area contributed by atoms with Gasteiger partial charge >= 0.3 is 0 Å². The van der Waals surface area contributed by atoms with E-state index >= 15 is 0 Å². The standard InChI is InChI=1S/C12H20OSi/c1-4-9-7-8-12(13-14)11(6-3)10(9)5-2/h7-8H,4-6H2,1-3,14H3. The smallest absolute Gasteiger partial charge is 0.204 e. The fourth-order valence-corrected chi connectivity index (χ4v) is 2.45. The second kappa shape index (κ2) is 5.20. The number of hydrogen-bond donors (Lipinski definition) is 0. The van der Waals surface area contributed by atoms with Gasteiger partial charge in [0.1, 0.15) is 5.75 Å². The van der Waals surface area contributed by atoms with Crippen molar-refractivity contribution in [3.05, 3.63) is 28.8 Å². The first-order valence-corrected chi connectivity index (χ1v) is 6.27. The van der Waals surface area contributed by atoms with Gasteiger partial charge in [-0.2, -0.15) is 0 Å². The Morgan fingerprint density at radius 1 is 1.00 bits per heavy atom. The molecule has 0 bridgehead atoms. The SMILES string of the molecule is CCc1ccc(O[SiH3])c(CC)c1CC. The van der Waals surface area contributed by atoms with Gasteiger partial charge in [-0.3, -0.25) is 0 Å². The van der Waals surface area contributed by atoms with Crippen LogP contribution in [0.4, 0.5) is 0 Å². The fraction of sp³-hybridized carbons (Fsp3) is 0.500. The molecule has 0 spiro atoms. The molecular formula is C12H20OSi. The predicted molar refractivity (Wildman–Crippen MR) is 65.1 cm³/mol. The molecule has 1 rings (SSSR count). The topological polar surface area (TPSA) is 9.23 Å². The van der Waals surface area contributed by atoms with Crippen LogP contribution < -0.4 is 4.43 Å². The van der Waals surface area contributed by atoms with Crippen LogP contribution in [0.5, 0.6) is 5.75 Å². The van der Waals surface area contributed by atoms with Crippen LogP contribution in [0.15, 0.2) is 12.1 Å². The average molecular weight is 208 g/mol. The molecule has 0 aromatic heterocycles. The summed E-state index contributed by atoms with van der Waals surface area (Å²) < 4.78 is 5.52. The van der Waals surface area contributed by atoms with Crippen LogP contribution in [0.2, 0.25) is 0 Å². The zero-order valence-corrected chi connectivity index (χ0v) is 11.7. The van der Waals surface area contributed by atoms with Gasteiger partial charge in [-0.25, -0.2) is 0 Å². The average Bonchev–Trinajstić information content (AvgIpc) is 2.26. The van der Waals surface area contributed by atoms with Crippen molar-refractivity contribution in [2.45, 2.75) is 40.0 Å². The van der Waals surface area contributed by atoms with Gasteiger partial charge in [0.2, 0.25) is 10.5 Å². The summed E-state index contributed by atoms with van der Waals surface area (Å²) in [5, 5.41) is 0. The third-order valence-corrected chi connectivity index (χ3v) is 3.23. The van der Waals surface area contributed by atoms with E-state index in [0.29, 0.717) is 0 Å². The molecule has 0 radical (unpaired) electrons. The van der Waals surface area contributed by atoms with Crippen molar-refractivity contribution in [2.75, 3.05) is 0 Å². The Morgan fingerprint density at radius 2 is 1.64 bits per heavy atom. The molecule has 0 aliphatic rings. The molecule has 0 saturated carbocycles. The summed E-state index contributed by atoms with van der Waals surface area (Å²) in [5.74, 6) is 1.10. The Balaban J connectivity index is 3.28. The third-order valence-electron chi connectivity index (χ3n) is 2.79. The van der Waals surface area contributed by atoms with E-state index in [1.807, 2.05) is 0 Å². The van der Waals surface area contributed by atoms with E-state index in [0.717, 1.165) is 35.5 Å². The lowest BCUT2D eigenvalue weighted by Gasteiger charge is -2.15. The van der Waals surface area contributed by atoms with Crippen LogP contribution in [0, 0.1) is 0 Å². The Morgan fingerprint density at radius 3 is 2.07 bits per heavy atom. The molecule has 0 saturated heterocycles. The van der Waals surface area contributed by atoms with Gasteiger partial charge in [-0.1, -0.05) is 26.8 Å². The number of rotatable bonds is 4. The minimum atomic E-state index is 0.780. The summed E-state index contributed by atoms with van der Waals surface area (Å²) >= 11 is 0. The molecule has 0 atom stereocenters. The maximum absolute atomic E-state index is 5.52. The molecular weight excluding hydrogens is 188 g/mol. The van der Waals surface area contributed by atoms with Crippen molar-refractivity contribution < 1.29 is 4.43 Å². The predicted octanol–water partition coefficient (Wildman–Crippen LogP) is 2.03. The first-order chi connectivity index (χ1) is 6.78. The van der Waals surface area contributed by atoms with Crippen LogP contribution in [-0.2, 0) is 19.3 Å². The minimum Gasteiger partial charge on any atom is -0.553 e. The number of benzene rings is 1. The summed E-state index contributed by atoms with van der Waals surface area (Å²) in [6, 6.07) is 4.34. The van der Waals surface area contributed by atoms with Gasteiger partial charge in [-0.15, -0.1) is 0 Å². The molecule has 2 heteroatoms. The zero-order valence-electron chi connectivity index (χ0n) is 9.68. The second-order valence-corrected chi connectivity index (χ2v) is 3.85. The Bertz CT molecular complexity index is 276. The van der Waals surface area contributed by atoms with Crippen LogP contribution >= 0.6 is 0 Å². The highest BCUT2D eigenvalue weighted by atomic mass is 28.2. The largest absolute Gasteiger partial charge is 0.553 e. The maximum Gasteiger partial charge on any atom is 0.204 e. The summed E-state index contributed by atoms with van der Waals surface area (Å²) in [6.45, 7) is 6.65. The molecule has 14 heavy (non-hydrogen) atoms. The van der Waals surface area contributed by atoms with E-state index in [2.05, 4.69) is 32.9 Å². The molecule has 1 nitrogen and oxygen atoms in total. The van der Waals surface area contributed by atoms with Gasteiger partial charge in [0.25, 0.3) is 0 Å². The summed E-state index contributed by atoms with van der Waals surface area (Å²) in [6.07, 6.45) is 3.32. The van der Waals surface area contributed by atoms with Crippen molar-refractivity contribution >= 4 is 10.5 Å². The normalized spacial score (nSPS) is 10.5. The Hall–Kier alpha value is -0.763. The van der Waals surface area contributed by atoms with E-state index in [1.54, 1.807) is 0 Å². The highest BCUT2D eigenvalue weighted by Crippen LogP contribution is 2.26. The lowest BCUT2D eigenvalue weighted by Crippen LogP contribution is -2.01. The minimum absolute atomic E-state index is 0.780. The zero-order chi connectivity index (χ0) is 10.6. The van der Waals surface area contributed by atoms with Gasteiger partial charge < -0.3 is 4.43 Å². The third kappa shape index (κ3) is 2.00. The van der Waals surface area contributed by atoms with Crippen LogP contribution in [0.3, 0.4) is 0 Å². The van der Waals surface area contributed by atoms with Gasteiger partial charge in [0.05, 0.1) is 0 Å². The molecule has 78 valence electrons. The molecule has 0 amide bonds. The molecule has 0 N–H and O–H groups in total. The van der Waals surface area contributed by atoms with Crippen LogP contribution in [0.1, 0.15) is 37.5 Å². The number of aryl methyl sites for hydroxylation is 1. The molecule has 0 heterocycles. The van der Waals surface area contributed by atoms with E-state index in [-0.39, 0.29) is 0 Å². The molecule has 0 unspecified atom stereocenters. The van der Waals surface area contributed by atoms with Gasteiger partial charge in [-0.05, 0) is 42.0 Å². The summed E-state index contributed by atoms with van der Waals surface area (Å²) in [5.41, 5.74) is 4.40. The lowest BCUT2D eigenvalue weighted by molar-refractivity contribution is 0.603. The van der Waals surface area contributed by atoms with E-state index in [1.165, 1.54) is 16.7 Å². The van der Waals surface area contributed by atoms with Crippen LogP contribution in [-0.4, -0.2) is 10.5 Å². The van der Waals surface area contributed by atoms with E-state index < -0.39 is 0 Å². The van der Waals surface area contributed by atoms with Crippen molar-refractivity contribution in [3.63, 3.8) is 0 Å². The van der Waals surface area contributed by atoms with E-state index in [9.17, 15) is 0 Å². The molecule has 0 aliphatic heterocycles. The van der Waals surface area contributed by atoms with Crippen molar-refractivity contribution in [3.8, 4) is 5.75 Å². The molecule has 1 aromatic rings. The Labute approximate surface area is 90.0 Å². The van der Waals surface area contributed by atoms with Crippen molar-refractivity contribution in [2.24, 2.45) is 0 Å². The molecule has 0 aliphatic carbocycles. The Kier molecular flexibility index (Phi) is 4.20. The monoisotopic (exact) mass is 208 g/mol. The van der Waals surface area contributed by atoms with Gasteiger partial charge in [0.15, 0.2) is 0 Å².